The number of likely N-dealkylation sites (tertiary alicyclic amines) is 1. The van der Waals surface area contributed by atoms with Crippen molar-refractivity contribution in [3.63, 3.8) is 0 Å². The largest absolute Gasteiger partial charge is 0.454 e. The van der Waals surface area contributed by atoms with Crippen LogP contribution in [0.5, 0.6) is 11.5 Å². The minimum atomic E-state index is -0.648. The molecule has 1 aliphatic carbocycles. The summed E-state index contributed by atoms with van der Waals surface area (Å²) in [6, 6.07) is 5.81. The smallest absolute Gasteiger partial charge is 0.231 e. The fourth-order valence-electron chi connectivity index (χ4n) is 4.54. The third-order valence-corrected chi connectivity index (χ3v) is 5.71. The summed E-state index contributed by atoms with van der Waals surface area (Å²) in [7, 11) is 0. The van der Waals surface area contributed by atoms with Crippen LogP contribution in [0.4, 0.5) is 0 Å². The fraction of sp³-hybridized carbons (Fsp3) is 0.611. The van der Waals surface area contributed by atoms with Gasteiger partial charge < -0.3 is 19.5 Å². The molecular weight excluding hydrogens is 294 g/mol. The Morgan fingerprint density at radius 3 is 2.91 bits per heavy atom. The number of carbonyl (C=O) groups excluding carboxylic acids is 1. The standard InChI is InChI=1S/C18H23NO4/c1-12(20)19-9-8-18(21)7-3-2-4-14(18)17(19)13-5-6-15-16(10-13)23-11-22-15/h5-6,10,14,17,21H,2-4,7-9,11H2,1H3/t14-,17+,18-/m1/s1. The normalized spacial score (nSPS) is 32.5. The highest BCUT2D eigenvalue weighted by Crippen LogP contribution is 2.50. The number of fused-ring (bicyclic) bond motifs is 2. The van der Waals surface area contributed by atoms with E-state index in [9.17, 15) is 9.90 Å². The van der Waals surface area contributed by atoms with Crippen molar-refractivity contribution in [1.29, 1.82) is 0 Å². The van der Waals surface area contributed by atoms with Crippen LogP contribution in [0.3, 0.4) is 0 Å². The summed E-state index contributed by atoms with van der Waals surface area (Å²) in [6.45, 7) is 2.47. The van der Waals surface area contributed by atoms with Crippen molar-refractivity contribution < 1.29 is 19.4 Å². The lowest BCUT2D eigenvalue weighted by Gasteiger charge is -2.52. The Bertz CT molecular complexity index is 631. The molecule has 5 heteroatoms. The minimum Gasteiger partial charge on any atom is -0.454 e. The maximum atomic E-state index is 12.2. The van der Waals surface area contributed by atoms with Crippen LogP contribution in [-0.2, 0) is 4.79 Å². The first-order valence-corrected chi connectivity index (χ1v) is 8.48. The topological polar surface area (TPSA) is 59.0 Å². The molecule has 2 fully saturated rings. The molecule has 1 aromatic rings. The third-order valence-electron chi connectivity index (χ3n) is 5.71. The second-order valence-electron chi connectivity index (χ2n) is 6.98. The first kappa shape index (κ1) is 14.8. The first-order valence-electron chi connectivity index (χ1n) is 8.48. The number of carbonyl (C=O) groups is 1. The predicted molar refractivity (Wildman–Crippen MR) is 84.2 cm³/mol. The van der Waals surface area contributed by atoms with Gasteiger partial charge in [-0.3, -0.25) is 4.79 Å². The van der Waals surface area contributed by atoms with E-state index in [1.54, 1.807) is 6.92 Å². The molecule has 1 N–H and O–H groups in total. The fourth-order valence-corrected chi connectivity index (χ4v) is 4.54. The van der Waals surface area contributed by atoms with E-state index in [2.05, 4.69) is 0 Å². The average Bonchev–Trinajstić information content (AvgIpc) is 3.00. The maximum absolute atomic E-state index is 12.2. The molecule has 0 radical (unpaired) electrons. The van der Waals surface area contributed by atoms with Gasteiger partial charge in [0.05, 0.1) is 11.6 Å². The van der Waals surface area contributed by atoms with Gasteiger partial charge in [0.25, 0.3) is 0 Å². The Morgan fingerprint density at radius 1 is 1.26 bits per heavy atom. The molecule has 2 heterocycles. The highest BCUT2D eigenvalue weighted by atomic mass is 16.7. The molecule has 0 spiro atoms. The molecule has 5 nitrogen and oxygen atoms in total. The summed E-state index contributed by atoms with van der Waals surface area (Å²) in [5.41, 5.74) is 0.389. The number of hydrogen-bond acceptors (Lipinski definition) is 4. The number of benzene rings is 1. The number of nitrogens with zero attached hydrogens (tertiary/aromatic N) is 1. The zero-order chi connectivity index (χ0) is 16.0. The second-order valence-corrected chi connectivity index (χ2v) is 6.98. The number of ether oxygens (including phenoxy) is 2. The van der Waals surface area contributed by atoms with E-state index in [1.165, 1.54) is 0 Å². The van der Waals surface area contributed by atoms with Crippen LogP contribution in [0.1, 0.15) is 50.6 Å². The van der Waals surface area contributed by atoms with Crippen LogP contribution >= 0.6 is 0 Å². The van der Waals surface area contributed by atoms with E-state index in [1.807, 2.05) is 23.1 Å². The van der Waals surface area contributed by atoms with Crippen molar-refractivity contribution in [3.05, 3.63) is 23.8 Å². The van der Waals surface area contributed by atoms with Crippen LogP contribution in [0.25, 0.3) is 0 Å². The Kier molecular flexibility index (Phi) is 3.48. The van der Waals surface area contributed by atoms with Gasteiger partial charge in [0.2, 0.25) is 12.7 Å². The Balaban J connectivity index is 1.75. The predicted octanol–water partition coefficient (Wildman–Crippen LogP) is 2.63. The molecule has 124 valence electrons. The lowest BCUT2D eigenvalue weighted by atomic mass is 9.66. The van der Waals surface area contributed by atoms with Gasteiger partial charge in [-0.1, -0.05) is 18.9 Å². The first-order chi connectivity index (χ1) is 11.1. The summed E-state index contributed by atoms with van der Waals surface area (Å²) >= 11 is 0. The van der Waals surface area contributed by atoms with Gasteiger partial charge >= 0.3 is 0 Å². The molecule has 1 aromatic carbocycles. The van der Waals surface area contributed by atoms with E-state index in [4.69, 9.17) is 9.47 Å². The molecular formula is C18H23NO4. The van der Waals surface area contributed by atoms with Gasteiger partial charge in [0, 0.05) is 19.4 Å². The lowest BCUT2D eigenvalue weighted by molar-refractivity contribution is -0.153. The second kappa shape index (κ2) is 5.41. The van der Waals surface area contributed by atoms with Gasteiger partial charge in [-0.05, 0) is 37.0 Å². The molecule has 0 unspecified atom stereocenters. The van der Waals surface area contributed by atoms with E-state index >= 15 is 0 Å². The summed E-state index contributed by atoms with van der Waals surface area (Å²) in [5.74, 6) is 1.64. The SMILES string of the molecule is CC(=O)N1CC[C@]2(O)CCCC[C@@H]2[C@@H]1c1ccc2c(c1)OCO2. The molecule has 23 heavy (non-hydrogen) atoms. The molecule has 2 aliphatic heterocycles. The van der Waals surface area contributed by atoms with Crippen molar-refractivity contribution >= 4 is 5.91 Å². The highest BCUT2D eigenvalue weighted by molar-refractivity contribution is 5.74. The zero-order valence-electron chi connectivity index (χ0n) is 13.5. The zero-order valence-corrected chi connectivity index (χ0v) is 13.5. The summed E-state index contributed by atoms with van der Waals surface area (Å²) < 4.78 is 10.9. The van der Waals surface area contributed by atoms with Crippen molar-refractivity contribution in [1.82, 2.24) is 4.90 Å². The molecule has 4 rings (SSSR count). The van der Waals surface area contributed by atoms with Crippen LogP contribution in [0, 0.1) is 5.92 Å². The molecule has 0 bridgehead atoms. The molecule has 0 aromatic heterocycles. The monoisotopic (exact) mass is 317 g/mol. The maximum Gasteiger partial charge on any atom is 0.231 e. The number of piperidine rings is 1. The number of amides is 1. The van der Waals surface area contributed by atoms with Crippen LogP contribution in [0.2, 0.25) is 0 Å². The Labute approximate surface area is 136 Å². The number of rotatable bonds is 1. The van der Waals surface area contributed by atoms with Gasteiger partial charge in [0.1, 0.15) is 0 Å². The van der Waals surface area contributed by atoms with Crippen molar-refractivity contribution in [2.75, 3.05) is 13.3 Å². The van der Waals surface area contributed by atoms with Gasteiger partial charge in [-0.25, -0.2) is 0 Å². The highest BCUT2D eigenvalue weighted by Gasteiger charge is 2.49. The summed E-state index contributed by atoms with van der Waals surface area (Å²) in [4.78, 5) is 14.1. The van der Waals surface area contributed by atoms with Crippen molar-refractivity contribution in [2.24, 2.45) is 5.92 Å². The van der Waals surface area contributed by atoms with Crippen molar-refractivity contribution in [3.8, 4) is 11.5 Å². The molecule has 1 saturated carbocycles. The Hall–Kier alpha value is -1.75. The van der Waals surface area contributed by atoms with E-state index < -0.39 is 5.60 Å². The van der Waals surface area contributed by atoms with E-state index in [0.717, 1.165) is 42.7 Å². The van der Waals surface area contributed by atoms with Gasteiger partial charge in [0.15, 0.2) is 11.5 Å². The Morgan fingerprint density at radius 2 is 2.09 bits per heavy atom. The number of hydrogen-bond donors (Lipinski definition) is 1. The molecule has 3 aliphatic rings. The van der Waals surface area contributed by atoms with Gasteiger partial charge in [-0.2, -0.15) is 0 Å². The van der Waals surface area contributed by atoms with E-state index in [-0.39, 0.29) is 24.7 Å². The average molecular weight is 317 g/mol. The molecule has 3 atom stereocenters. The molecule has 1 saturated heterocycles. The minimum absolute atomic E-state index is 0.0697. The number of aliphatic hydroxyl groups is 1. The van der Waals surface area contributed by atoms with Crippen LogP contribution in [0.15, 0.2) is 18.2 Å². The van der Waals surface area contributed by atoms with Crippen LogP contribution in [-0.4, -0.2) is 34.9 Å². The van der Waals surface area contributed by atoms with Crippen molar-refractivity contribution in [2.45, 2.75) is 50.7 Å². The summed E-state index contributed by atoms with van der Waals surface area (Å²) in [5, 5.41) is 11.1. The lowest BCUT2D eigenvalue weighted by Crippen LogP contribution is -2.55. The molecule has 1 amide bonds. The third kappa shape index (κ3) is 2.38. The van der Waals surface area contributed by atoms with E-state index in [0.29, 0.717) is 13.0 Å². The quantitative estimate of drug-likeness (QED) is 0.865. The van der Waals surface area contributed by atoms with Crippen LogP contribution < -0.4 is 9.47 Å². The van der Waals surface area contributed by atoms with Gasteiger partial charge in [-0.15, -0.1) is 0 Å². The summed E-state index contributed by atoms with van der Waals surface area (Å²) in [6.07, 6.45) is 4.66.